The first-order valence-electron chi connectivity index (χ1n) is 9.37. The van der Waals surface area contributed by atoms with Gasteiger partial charge < -0.3 is 14.8 Å². The number of methoxy groups -OCH3 is 1. The largest absolute Gasteiger partial charge is 0.496 e. The fraction of sp³-hybridized carbons (Fsp3) is 0.409. The molecule has 0 saturated carbocycles. The summed E-state index contributed by atoms with van der Waals surface area (Å²) in [7, 11) is 1.64. The van der Waals surface area contributed by atoms with Crippen LogP contribution in [0.25, 0.3) is 0 Å². The molecule has 5 nitrogen and oxygen atoms in total. The predicted octanol–water partition coefficient (Wildman–Crippen LogP) is 3.16. The third kappa shape index (κ3) is 4.42. The van der Waals surface area contributed by atoms with Crippen LogP contribution >= 0.6 is 0 Å². The molecule has 1 amide bonds. The number of nitrogens with one attached hydrogen (secondary N) is 1. The number of para-hydroxylation sites is 1. The minimum atomic E-state index is -0.474. The zero-order chi connectivity index (χ0) is 19.3. The molecule has 1 N–H and O–H groups in total. The Labute approximate surface area is 161 Å². The van der Waals surface area contributed by atoms with Crippen molar-refractivity contribution in [2.24, 2.45) is 0 Å². The minimum Gasteiger partial charge on any atom is -0.496 e. The summed E-state index contributed by atoms with van der Waals surface area (Å²) in [5, 5.41) is 3.06. The molecule has 2 aromatic rings. The summed E-state index contributed by atoms with van der Waals surface area (Å²) in [6.07, 6.45) is 0.856. The molecule has 0 radical (unpaired) electrons. The highest BCUT2D eigenvalue weighted by molar-refractivity contribution is 5.86. The maximum Gasteiger partial charge on any atom is 0.240 e. The second kappa shape index (κ2) is 8.44. The van der Waals surface area contributed by atoms with E-state index >= 15 is 0 Å². The first-order chi connectivity index (χ1) is 13.0. The molecular weight excluding hydrogens is 340 g/mol. The lowest BCUT2D eigenvalue weighted by molar-refractivity contribution is -0.141. The summed E-state index contributed by atoms with van der Waals surface area (Å²) in [4.78, 5) is 14.9. The van der Waals surface area contributed by atoms with Crippen molar-refractivity contribution in [2.45, 2.75) is 32.4 Å². The van der Waals surface area contributed by atoms with Crippen LogP contribution in [0.4, 0.5) is 0 Å². The summed E-state index contributed by atoms with van der Waals surface area (Å²) >= 11 is 0. The average Bonchev–Trinajstić information content (AvgIpc) is 2.69. The number of amides is 1. The monoisotopic (exact) mass is 368 g/mol. The maximum atomic E-state index is 12.8. The molecule has 5 heteroatoms. The number of benzene rings is 2. The van der Waals surface area contributed by atoms with Crippen LogP contribution in [-0.2, 0) is 11.3 Å². The van der Waals surface area contributed by atoms with Gasteiger partial charge in [-0.25, -0.2) is 0 Å². The number of nitrogens with zero attached hydrogens (tertiary/aromatic N) is 1. The standard InChI is InChI=1S/C22H28N2O3/c1-17-8-10-19(11-9-17)27-15-14-24-13-12-22(24,2)21(25)23-16-18-6-4-5-7-20(18)26-3/h4-11H,12-16H2,1-3H3,(H,23,25). The lowest BCUT2D eigenvalue weighted by Gasteiger charge is -2.49. The Morgan fingerprint density at radius 3 is 2.59 bits per heavy atom. The number of carbonyl (C=O) groups is 1. The molecule has 27 heavy (non-hydrogen) atoms. The van der Waals surface area contributed by atoms with Crippen molar-refractivity contribution in [3.05, 3.63) is 59.7 Å². The van der Waals surface area contributed by atoms with Crippen LogP contribution in [0, 0.1) is 6.92 Å². The normalized spacial score (nSPS) is 19.2. The van der Waals surface area contributed by atoms with E-state index in [0.29, 0.717) is 13.2 Å². The van der Waals surface area contributed by atoms with Crippen LogP contribution in [0.15, 0.2) is 48.5 Å². The smallest absolute Gasteiger partial charge is 0.240 e. The van der Waals surface area contributed by atoms with E-state index in [1.165, 1.54) is 5.56 Å². The van der Waals surface area contributed by atoms with Crippen LogP contribution < -0.4 is 14.8 Å². The van der Waals surface area contributed by atoms with Gasteiger partial charge in [-0.2, -0.15) is 0 Å². The minimum absolute atomic E-state index is 0.0509. The highest BCUT2D eigenvalue weighted by Crippen LogP contribution is 2.30. The van der Waals surface area contributed by atoms with Crippen molar-refractivity contribution in [3.63, 3.8) is 0 Å². The van der Waals surface area contributed by atoms with Gasteiger partial charge in [0.15, 0.2) is 0 Å². The molecule has 3 rings (SSSR count). The molecule has 1 aliphatic heterocycles. The van der Waals surface area contributed by atoms with Crippen LogP contribution in [0.5, 0.6) is 11.5 Å². The highest BCUT2D eigenvalue weighted by Gasteiger charge is 2.46. The van der Waals surface area contributed by atoms with Crippen molar-refractivity contribution in [2.75, 3.05) is 26.8 Å². The van der Waals surface area contributed by atoms with Crippen molar-refractivity contribution < 1.29 is 14.3 Å². The Balaban J connectivity index is 1.49. The lowest BCUT2D eigenvalue weighted by Crippen LogP contribution is -2.66. The summed E-state index contributed by atoms with van der Waals surface area (Å²) in [6.45, 7) is 6.73. The Morgan fingerprint density at radius 1 is 1.19 bits per heavy atom. The third-order valence-electron chi connectivity index (χ3n) is 5.34. The molecule has 0 bridgehead atoms. The Bertz CT molecular complexity index is 775. The van der Waals surface area contributed by atoms with E-state index in [-0.39, 0.29) is 5.91 Å². The molecule has 1 aliphatic rings. The highest BCUT2D eigenvalue weighted by atomic mass is 16.5. The Morgan fingerprint density at radius 2 is 1.93 bits per heavy atom. The number of likely N-dealkylation sites (tertiary alicyclic amines) is 1. The number of hydrogen-bond donors (Lipinski definition) is 1. The summed E-state index contributed by atoms with van der Waals surface area (Å²) in [6, 6.07) is 15.8. The van der Waals surface area contributed by atoms with Gasteiger partial charge in [0, 0.05) is 25.2 Å². The van der Waals surface area contributed by atoms with Crippen molar-refractivity contribution >= 4 is 5.91 Å². The maximum absolute atomic E-state index is 12.8. The lowest BCUT2D eigenvalue weighted by atomic mass is 9.85. The molecular formula is C22H28N2O3. The predicted molar refractivity (Wildman–Crippen MR) is 106 cm³/mol. The zero-order valence-electron chi connectivity index (χ0n) is 16.3. The fourth-order valence-electron chi connectivity index (χ4n) is 3.34. The van der Waals surface area contributed by atoms with Gasteiger partial charge in [-0.15, -0.1) is 0 Å². The van der Waals surface area contributed by atoms with E-state index in [1.54, 1.807) is 7.11 Å². The first kappa shape index (κ1) is 19.2. The van der Waals surface area contributed by atoms with Crippen LogP contribution in [0.2, 0.25) is 0 Å². The summed E-state index contributed by atoms with van der Waals surface area (Å²) in [5.74, 6) is 1.71. The summed E-state index contributed by atoms with van der Waals surface area (Å²) in [5.41, 5.74) is 1.72. The quantitative estimate of drug-likeness (QED) is 0.778. The van der Waals surface area contributed by atoms with Gasteiger partial charge in [-0.05, 0) is 38.5 Å². The van der Waals surface area contributed by atoms with Crippen LogP contribution in [0.3, 0.4) is 0 Å². The van der Waals surface area contributed by atoms with E-state index in [0.717, 1.165) is 36.6 Å². The molecule has 1 saturated heterocycles. The van der Waals surface area contributed by atoms with Gasteiger partial charge in [0.25, 0.3) is 0 Å². The van der Waals surface area contributed by atoms with E-state index < -0.39 is 5.54 Å². The molecule has 0 aliphatic carbocycles. The molecule has 1 fully saturated rings. The van der Waals surface area contributed by atoms with Gasteiger partial charge in [0.05, 0.1) is 12.6 Å². The van der Waals surface area contributed by atoms with Crippen LogP contribution in [-0.4, -0.2) is 43.2 Å². The van der Waals surface area contributed by atoms with Crippen molar-refractivity contribution in [3.8, 4) is 11.5 Å². The van der Waals surface area contributed by atoms with Gasteiger partial charge in [0.1, 0.15) is 18.1 Å². The molecule has 1 heterocycles. The number of hydrogen-bond acceptors (Lipinski definition) is 4. The number of rotatable bonds is 8. The second-order valence-electron chi connectivity index (χ2n) is 7.17. The Hall–Kier alpha value is -2.53. The van der Waals surface area contributed by atoms with Crippen LogP contribution in [0.1, 0.15) is 24.5 Å². The average molecular weight is 368 g/mol. The number of ether oxygens (including phenoxy) is 2. The Kier molecular flexibility index (Phi) is 6.01. The number of aryl methyl sites for hydroxylation is 1. The van der Waals surface area contributed by atoms with E-state index in [4.69, 9.17) is 9.47 Å². The molecule has 2 aromatic carbocycles. The molecule has 0 spiro atoms. The summed E-state index contributed by atoms with van der Waals surface area (Å²) < 4.78 is 11.2. The third-order valence-corrected chi connectivity index (χ3v) is 5.34. The molecule has 144 valence electrons. The second-order valence-corrected chi connectivity index (χ2v) is 7.17. The van der Waals surface area contributed by atoms with E-state index in [1.807, 2.05) is 55.5 Å². The van der Waals surface area contributed by atoms with Gasteiger partial charge in [-0.3, -0.25) is 9.69 Å². The topological polar surface area (TPSA) is 50.8 Å². The van der Waals surface area contributed by atoms with E-state index in [9.17, 15) is 4.79 Å². The van der Waals surface area contributed by atoms with Crippen molar-refractivity contribution in [1.82, 2.24) is 10.2 Å². The SMILES string of the molecule is COc1ccccc1CNC(=O)C1(C)CCN1CCOc1ccc(C)cc1. The van der Waals surface area contributed by atoms with Gasteiger partial charge in [0.2, 0.25) is 5.91 Å². The van der Waals surface area contributed by atoms with E-state index in [2.05, 4.69) is 17.1 Å². The fourth-order valence-corrected chi connectivity index (χ4v) is 3.34. The molecule has 0 aromatic heterocycles. The zero-order valence-corrected chi connectivity index (χ0v) is 16.3. The number of carbonyl (C=O) groups excluding carboxylic acids is 1. The first-order valence-corrected chi connectivity index (χ1v) is 9.37. The molecule has 1 unspecified atom stereocenters. The van der Waals surface area contributed by atoms with Gasteiger partial charge >= 0.3 is 0 Å². The van der Waals surface area contributed by atoms with Crippen molar-refractivity contribution in [1.29, 1.82) is 0 Å². The van der Waals surface area contributed by atoms with Gasteiger partial charge in [-0.1, -0.05) is 35.9 Å². The molecule has 1 atom stereocenters.